The Balaban J connectivity index is 2.20. The van der Waals surface area contributed by atoms with Gasteiger partial charge in [-0.2, -0.15) is 5.26 Å². The van der Waals surface area contributed by atoms with E-state index in [1.54, 1.807) is 18.1 Å². The molecule has 1 fully saturated rings. The van der Waals surface area contributed by atoms with E-state index >= 15 is 0 Å². The molecule has 0 N–H and O–H groups in total. The summed E-state index contributed by atoms with van der Waals surface area (Å²) in [4.78, 5) is 13.0. The average Bonchev–Trinajstić information content (AvgIpc) is 2.01. The predicted molar refractivity (Wildman–Crippen MR) is 42.6 cm³/mol. The maximum absolute atomic E-state index is 11.4. The third kappa shape index (κ3) is 0.781. The summed E-state index contributed by atoms with van der Waals surface area (Å²) >= 11 is 0. The SMILES string of the molecule is CN1C=CC2C(C#N)CC2C1=O. The fraction of sp³-hybridized carbons (Fsp3) is 0.556. The van der Waals surface area contributed by atoms with Gasteiger partial charge in [0, 0.05) is 25.1 Å². The van der Waals surface area contributed by atoms with E-state index in [2.05, 4.69) is 6.07 Å². The Morgan fingerprint density at radius 3 is 3.17 bits per heavy atom. The van der Waals surface area contributed by atoms with Gasteiger partial charge in [-0.15, -0.1) is 0 Å². The molecule has 0 bridgehead atoms. The van der Waals surface area contributed by atoms with Gasteiger partial charge in [0.2, 0.25) is 5.91 Å². The van der Waals surface area contributed by atoms with Gasteiger partial charge in [0.15, 0.2) is 0 Å². The molecular weight excluding hydrogens is 152 g/mol. The average molecular weight is 162 g/mol. The second-order valence-electron chi connectivity index (χ2n) is 3.45. The van der Waals surface area contributed by atoms with E-state index in [1.165, 1.54) is 0 Å². The van der Waals surface area contributed by atoms with Crippen molar-refractivity contribution in [3.05, 3.63) is 12.3 Å². The van der Waals surface area contributed by atoms with Crippen molar-refractivity contribution < 1.29 is 4.79 Å². The van der Waals surface area contributed by atoms with Gasteiger partial charge < -0.3 is 4.90 Å². The highest BCUT2D eigenvalue weighted by Gasteiger charge is 2.46. The van der Waals surface area contributed by atoms with E-state index < -0.39 is 0 Å². The van der Waals surface area contributed by atoms with Crippen LogP contribution in [0.3, 0.4) is 0 Å². The van der Waals surface area contributed by atoms with Crippen LogP contribution in [-0.2, 0) is 4.79 Å². The van der Waals surface area contributed by atoms with Crippen LogP contribution in [0.15, 0.2) is 12.3 Å². The fourth-order valence-electron chi connectivity index (χ4n) is 1.91. The first-order chi connectivity index (χ1) is 5.74. The number of nitriles is 1. The molecule has 0 saturated heterocycles. The molecule has 3 atom stereocenters. The highest BCUT2D eigenvalue weighted by Crippen LogP contribution is 2.43. The fourth-order valence-corrected chi connectivity index (χ4v) is 1.91. The number of allylic oxidation sites excluding steroid dienone is 1. The van der Waals surface area contributed by atoms with Crippen molar-refractivity contribution in [2.45, 2.75) is 6.42 Å². The van der Waals surface area contributed by atoms with E-state index in [9.17, 15) is 4.79 Å². The zero-order chi connectivity index (χ0) is 8.72. The van der Waals surface area contributed by atoms with Crippen molar-refractivity contribution in [3.63, 3.8) is 0 Å². The molecule has 1 saturated carbocycles. The second-order valence-corrected chi connectivity index (χ2v) is 3.45. The minimum Gasteiger partial charge on any atom is -0.322 e. The van der Waals surface area contributed by atoms with Gasteiger partial charge in [-0.1, -0.05) is 6.08 Å². The zero-order valence-electron chi connectivity index (χ0n) is 6.90. The Morgan fingerprint density at radius 1 is 1.75 bits per heavy atom. The standard InChI is InChI=1S/C9H10N2O/c1-11-3-2-7-6(5-10)4-8(7)9(11)12/h2-3,6-8H,4H2,1H3. The second kappa shape index (κ2) is 2.34. The molecule has 0 aromatic rings. The van der Waals surface area contributed by atoms with Crippen LogP contribution in [-0.4, -0.2) is 17.9 Å². The van der Waals surface area contributed by atoms with Crippen molar-refractivity contribution in [1.82, 2.24) is 4.90 Å². The number of nitrogens with zero attached hydrogens (tertiary/aromatic N) is 2. The van der Waals surface area contributed by atoms with Crippen molar-refractivity contribution in [2.24, 2.45) is 17.8 Å². The Hall–Kier alpha value is -1.30. The van der Waals surface area contributed by atoms with Crippen molar-refractivity contribution in [3.8, 4) is 6.07 Å². The van der Waals surface area contributed by atoms with Gasteiger partial charge >= 0.3 is 0 Å². The lowest BCUT2D eigenvalue weighted by molar-refractivity contribution is -0.139. The van der Waals surface area contributed by atoms with Gasteiger partial charge in [0.05, 0.1) is 12.0 Å². The summed E-state index contributed by atoms with van der Waals surface area (Å²) in [5.41, 5.74) is 0. The van der Waals surface area contributed by atoms with Crippen LogP contribution < -0.4 is 0 Å². The van der Waals surface area contributed by atoms with Gasteiger partial charge in [-0.3, -0.25) is 4.79 Å². The van der Waals surface area contributed by atoms with E-state index in [4.69, 9.17) is 5.26 Å². The molecule has 0 spiro atoms. The lowest BCUT2D eigenvalue weighted by Gasteiger charge is -2.42. The van der Waals surface area contributed by atoms with Crippen LogP contribution in [0.5, 0.6) is 0 Å². The molecule has 62 valence electrons. The molecule has 1 heterocycles. The molecule has 12 heavy (non-hydrogen) atoms. The smallest absolute Gasteiger partial charge is 0.230 e. The van der Waals surface area contributed by atoms with E-state index in [1.807, 2.05) is 6.08 Å². The van der Waals surface area contributed by atoms with E-state index in [-0.39, 0.29) is 23.7 Å². The third-order valence-electron chi connectivity index (χ3n) is 2.80. The zero-order valence-corrected chi connectivity index (χ0v) is 6.90. The number of hydrogen-bond donors (Lipinski definition) is 0. The van der Waals surface area contributed by atoms with E-state index in [0.717, 1.165) is 6.42 Å². The van der Waals surface area contributed by atoms with Crippen LogP contribution in [0, 0.1) is 29.1 Å². The van der Waals surface area contributed by atoms with Crippen LogP contribution >= 0.6 is 0 Å². The Bertz CT molecular complexity index is 289. The topological polar surface area (TPSA) is 44.1 Å². The van der Waals surface area contributed by atoms with Crippen molar-refractivity contribution in [2.75, 3.05) is 7.05 Å². The minimum absolute atomic E-state index is 0.0731. The van der Waals surface area contributed by atoms with Crippen molar-refractivity contribution in [1.29, 1.82) is 5.26 Å². The van der Waals surface area contributed by atoms with E-state index in [0.29, 0.717) is 0 Å². The largest absolute Gasteiger partial charge is 0.322 e. The molecule has 3 unspecified atom stereocenters. The molecule has 1 aliphatic carbocycles. The number of amides is 1. The molecule has 2 aliphatic rings. The minimum atomic E-state index is 0.0731. The molecule has 2 rings (SSSR count). The number of carbonyl (C=O) groups is 1. The van der Waals surface area contributed by atoms with Crippen LogP contribution in [0.1, 0.15) is 6.42 Å². The summed E-state index contributed by atoms with van der Waals surface area (Å²) in [5, 5.41) is 8.67. The Kier molecular flexibility index (Phi) is 1.44. The van der Waals surface area contributed by atoms with Crippen LogP contribution in [0.4, 0.5) is 0 Å². The maximum atomic E-state index is 11.4. The molecule has 0 aromatic heterocycles. The van der Waals surface area contributed by atoms with Gasteiger partial charge in [0.1, 0.15) is 0 Å². The molecular formula is C9H10N2O. The normalized spacial score (nSPS) is 38.5. The first-order valence-corrected chi connectivity index (χ1v) is 4.08. The molecule has 1 aliphatic heterocycles. The highest BCUT2D eigenvalue weighted by atomic mass is 16.2. The number of rotatable bonds is 0. The summed E-state index contributed by atoms with van der Waals surface area (Å²) in [6.45, 7) is 0. The lowest BCUT2D eigenvalue weighted by atomic mass is 9.64. The highest BCUT2D eigenvalue weighted by molar-refractivity contribution is 5.82. The third-order valence-corrected chi connectivity index (χ3v) is 2.80. The predicted octanol–water partition coefficient (Wildman–Crippen LogP) is 0.748. The quantitative estimate of drug-likeness (QED) is 0.527. The monoisotopic (exact) mass is 162 g/mol. The summed E-state index contributed by atoms with van der Waals surface area (Å²) in [6.07, 6.45) is 4.49. The maximum Gasteiger partial charge on any atom is 0.230 e. The Morgan fingerprint density at radius 2 is 2.50 bits per heavy atom. The Labute approximate surface area is 71.3 Å². The molecule has 0 aromatic carbocycles. The summed E-state index contributed by atoms with van der Waals surface area (Å²) < 4.78 is 0. The van der Waals surface area contributed by atoms with Crippen LogP contribution in [0.25, 0.3) is 0 Å². The number of fused-ring (bicyclic) bond motifs is 1. The number of carbonyl (C=O) groups excluding carboxylic acids is 1. The molecule has 3 nitrogen and oxygen atoms in total. The summed E-state index contributed by atoms with van der Waals surface area (Å²) in [7, 11) is 1.76. The summed E-state index contributed by atoms with van der Waals surface area (Å²) in [6, 6.07) is 2.21. The van der Waals surface area contributed by atoms with Crippen LogP contribution in [0.2, 0.25) is 0 Å². The first-order valence-electron chi connectivity index (χ1n) is 4.08. The molecule has 0 radical (unpaired) electrons. The summed E-state index contributed by atoms with van der Waals surface area (Å²) in [5.74, 6) is 0.515. The molecule has 1 amide bonds. The first kappa shape index (κ1) is 7.35. The van der Waals surface area contributed by atoms with Gasteiger partial charge in [-0.25, -0.2) is 0 Å². The van der Waals surface area contributed by atoms with Crippen molar-refractivity contribution >= 4 is 5.91 Å². The number of hydrogen-bond acceptors (Lipinski definition) is 2. The van der Waals surface area contributed by atoms with Gasteiger partial charge in [0.25, 0.3) is 0 Å². The van der Waals surface area contributed by atoms with Gasteiger partial charge in [-0.05, 0) is 6.42 Å². The molecule has 3 heteroatoms. The lowest BCUT2D eigenvalue weighted by Crippen LogP contribution is -2.47.